The standard InChI is InChI=1S/C13H18N4O/c1-10-11(8-15-16(10)3)12(18)17-6-4-13(2,9-14)5-7-17/h8H,4-7H2,1-3H3. The maximum absolute atomic E-state index is 12.3. The van der Waals surface area contributed by atoms with E-state index in [0.717, 1.165) is 18.5 Å². The first-order valence-electron chi connectivity index (χ1n) is 6.16. The van der Waals surface area contributed by atoms with Gasteiger partial charge in [-0.1, -0.05) is 0 Å². The van der Waals surface area contributed by atoms with Crippen LogP contribution < -0.4 is 0 Å². The van der Waals surface area contributed by atoms with Crippen LogP contribution in [0.1, 0.15) is 35.8 Å². The molecular weight excluding hydrogens is 228 g/mol. The molecular formula is C13H18N4O. The average molecular weight is 246 g/mol. The molecule has 0 radical (unpaired) electrons. The minimum Gasteiger partial charge on any atom is -0.338 e. The number of aromatic nitrogens is 2. The number of nitriles is 1. The number of hydrogen-bond acceptors (Lipinski definition) is 3. The Hall–Kier alpha value is -1.83. The third kappa shape index (κ3) is 2.10. The Morgan fingerprint density at radius 1 is 1.50 bits per heavy atom. The molecule has 1 aromatic rings. The highest BCUT2D eigenvalue weighted by Gasteiger charge is 2.32. The number of nitrogens with zero attached hydrogens (tertiary/aromatic N) is 4. The number of aryl methyl sites for hydroxylation is 1. The van der Waals surface area contributed by atoms with Gasteiger partial charge >= 0.3 is 0 Å². The van der Waals surface area contributed by atoms with Crippen molar-refractivity contribution in [2.45, 2.75) is 26.7 Å². The fraction of sp³-hybridized carbons (Fsp3) is 0.615. The van der Waals surface area contributed by atoms with Crippen LogP contribution in [-0.2, 0) is 7.05 Å². The quantitative estimate of drug-likeness (QED) is 0.754. The first-order chi connectivity index (χ1) is 8.47. The zero-order chi connectivity index (χ0) is 13.3. The zero-order valence-electron chi connectivity index (χ0n) is 11.1. The topological polar surface area (TPSA) is 61.9 Å². The Morgan fingerprint density at radius 2 is 2.11 bits per heavy atom. The van der Waals surface area contributed by atoms with Crippen molar-refractivity contribution in [3.8, 4) is 6.07 Å². The molecule has 1 aliphatic rings. The van der Waals surface area contributed by atoms with Crippen molar-refractivity contribution in [1.82, 2.24) is 14.7 Å². The minimum atomic E-state index is -0.277. The van der Waals surface area contributed by atoms with E-state index in [2.05, 4.69) is 11.2 Å². The van der Waals surface area contributed by atoms with Gasteiger partial charge in [-0.15, -0.1) is 0 Å². The lowest BCUT2D eigenvalue weighted by atomic mass is 9.82. The highest BCUT2D eigenvalue weighted by atomic mass is 16.2. The van der Waals surface area contributed by atoms with Gasteiger partial charge in [0.25, 0.3) is 5.91 Å². The number of likely N-dealkylation sites (tertiary alicyclic amines) is 1. The minimum absolute atomic E-state index is 0.0283. The van der Waals surface area contributed by atoms with Gasteiger partial charge < -0.3 is 4.90 Å². The molecule has 1 aliphatic heterocycles. The summed E-state index contributed by atoms with van der Waals surface area (Å²) in [4.78, 5) is 14.1. The van der Waals surface area contributed by atoms with Gasteiger partial charge in [-0.2, -0.15) is 10.4 Å². The molecule has 0 N–H and O–H groups in total. The van der Waals surface area contributed by atoms with Gasteiger partial charge in [-0.3, -0.25) is 9.48 Å². The molecule has 0 aliphatic carbocycles. The van der Waals surface area contributed by atoms with E-state index in [1.165, 1.54) is 0 Å². The van der Waals surface area contributed by atoms with Crippen LogP contribution >= 0.6 is 0 Å². The highest BCUT2D eigenvalue weighted by molar-refractivity contribution is 5.95. The van der Waals surface area contributed by atoms with E-state index in [0.29, 0.717) is 18.7 Å². The molecule has 1 amide bonds. The van der Waals surface area contributed by atoms with Gasteiger partial charge in [0.2, 0.25) is 0 Å². The molecule has 1 saturated heterocycles. The summed E-state index contributed by atoms with van der Waals surface area (Å²) in [5.41, 5.74) is 1.27. The van der Waals surface area contributed by atoms with Gasteiger partial charge in [0.05, 0.1) is 23.2 Å². The molecule has 0 atom stereocenters. The number of carbonyl (C=O) groups excluding carboxylic acids is 1. The second kappa shape index (κ2) is 4.45. The van der Waals surface area contributed by atoms with Crippen molar-refractivity contribution in [3.63, 3.8) is 0 Å². The zero-order valence-corrected chi connectivity index (χ0v) is 11.1. The summed E-state index contributed by atoms with van der Waals surface area (Å²) in [7, 11) is 1.83. The number of hydrogen-bond donors (Lipinski definition) is 0. The van der Waals surface area contributed by atoms with E-state index < -0.39 is 0 Å². The summed E-state index contributed by atoms with van der Waals surface area (Å²) in [6.07, 6.45) is 3.11. The summed E-state index contributed by atoms with van der Waals surface area (Å²) >= 11 is 0. The Bertz CT molecular complexity index is 504. The summed E-state index contributed by atoms with van der Waals surface area (Å²) in [5.74, 6) is 0.0283. The number of carbonyl (C=O) groups is 1. The van der Waals surface area contributed by atoms with E-state index in [-0.39, 0.29) is 11.3 Å². The maximum atomic E-state index is 12.3. The predicted molar refractivity (Wildman–Crippen MR) is 66.8 cm³/mol. The van der Waals surface area contributed by atoms with Gasteiger partial charge in [0, 0.05) is 25.8 Å². The first-order valence-corrected chi connectivity index (χ1v) is 6.16. The van der Waals surface area contributed by atoms with Crippen molar-refractivity contribution in [2.75, 3.05) is 13.1 Å². The van der Waals surface area contributed by atoms with Gasteiger partial charge in [-0.05, 0) is 26.7 Å². The summed E-state index contributed by atoms with van der Waals surface area (Å²) in [5, 5.41) is 13.2. The monoisotopic (exact) mass is 246 g/mol. The van der Waals surface area contributed by atoms with Crippen LogP contribution in [0.3, 0.4) is 0 Å². The molecule has 96 valence electrons. The lowest BCUT2D eigenvalue weighted by molar-refractivity contribution is 0.0661. The van der Waals surface area contributed by atoms with E-state index in [4.69, 9.17) is 5.26 Å². The van der Waals surface area contributed by atoms with Crippen LogP contribution in [0.25, 0.3) is 0 Å². The fourth-order valence-corrected chi connectivity index (χ4v) is 2.19. The Labute approximate surface area is 107 Å². The Morgan fingerprint density at radius 3 is 2.56 bits per heavy atom. The van der Waals surface area contributed by atoms with Crippen LogP contribution in [0.4, 0.5) is 0 Å². The normalized spacial score (nSPS) is 18.4. The SMILES string of the molecule is Cc1c(C(=O)N2CCC(C)(C#N)CC2)cnn1C. The number of rotatable bonds is 1. The smallest absolute Gasteiger partial charge is 0.257 e. The predicted octanol–water partition coefficient (Wildman–Crippen LogP) is 1.49. The third-order valence-electron chi connectivity index (χ3n) is 3.89. The molecule has 0 saturated carbocycles. The van der Waals surface area contributed by atoms with Gasteiger partial charge in [-0.25, -0.2) is 0 Å². The molecule has 2 rings (SSSR count). The fourth-order valence-electron chi connectivity index (χ4n) is 2.19. The molecule has 0 spiro atoms. The Kier molecular flexibility index (Phi) is 3.12. The van der Waals surface area contributed by atoms with E-state index in [1.807, 2.05) is 25.8 Å². The lowest BCUT2D eigenvalue weighted by Gasteiger charge is -2.34. The number of amides is 1. The van der Waals surface area contributed by atoms with Crippen molar-refractivity contribution in [2.24, 2.45) is 12.5 Å². The molecule has 0 aromatic carbocycles. The second-order valence-electron chi connectivity index (χ2n) is 5.23. The molecule has 0 unspecified atom stereocenters. The first kappa shape index (κ1) is 12.6. The van der Waals surface area contributed by atoms with E-state index >= 15 is 0 Å². The van der Waals surface area contributed by atoms with Crippen molar-refractivity contribution in [1.29, 1.82) is 5.26 Å². The lowest BCUT2D eigenvalue weighted by Crippen LogP contribution is -2.41. The Balaban J connectivity index is 2.09. The van der Waals surface area contributed by atoms with Crippen molar-refractivity contribution >= 4 is 5.91 Å². The molecule has 5 nitrogen and oxygen atoms in total. The third-order valence-corrected chi connectivity index (χ3v) is 3.89. The van der Waals surface area contributed by atoms with Crippen molar-refractivity contribution < 1.29 is 4.79 Å². The molecule has 1 fully saturated rings. The van der Waals surface area contributed by atoms with Crippen LogP contribution in [0.5, 0.6) is 0 Å². The largest absolute Gasteiger partial charge is 0.338 e. The maximum Gasteiger partial charge on any atom is 0.257 e. The van der Waals surface area contributed by atoms with Gasteiger partial charge in [0.15, 0.2) is 0 Å². The van der Waals surface area contributed by atoms with Crippen molar-refractivity contribution in [3.05, 3.63) is 17.5 Å². The van der Waals surface area contributed by atoms with E-state index in [9.17, 15) is 4.79 Å². The average Bonchev–Trinajstić information content (AvgIpc) is 2.70. The molecule has 5 heteroatoms. The van der Waals surface area contributed by atoms with Crippen LogP contribution in [0.15, 0.2) is 6.20 Å². The van der Waals surface area contributed by atoms with Crippen LogP contribution in [0.2, 0.25) is 0 Å². The summed E-state index contributed by atoms with van der Waals surface area (Å²) < 4.78 is 1.70. The molecule has 1 aromatic heterocycles. The van der Waals surface area contributed by atoms with Crippen LogP contribution in [0, 0.1) is 23.7 Å². The summed E-state index contributed by atoms with van der Waals surface area (Å²) in [6.45, 7) is 5.15. The van der Waals surface area contributed by atoms with Crippen LogP contribution in [-0.4, -0.2) is 33.7 Å². The molecule has 18 heavy (non-hydrogen) atoms. The summed E-state index contributed by atoms with van der Waals surface area (Å²) in [6, 6.07) is 2.34. The van der Waals surface area contributed by atoms with Gasteiger partial charge in [0.1, 0.15) is 0 Å². The second-order valence-corrected chi connectivity index (χ2v) is 5.23. The molecule has 2 heterocycles. The van der Waals surface area contributed by atoms with E-state index in [1.54, 1.807) is 10.9 Å². The molecule has 0 bridgehead atoms. The number of piperidine rings is 1. The highest BCUT2D eigenvalue weighted by Crippen LogP contribution is 2.30.